The Balaban J connectivity index is 1.68. The maximum absolute atomic E-state index is 13.6. The SMILES string of the molecule is CCOc1ccc(C(=O)N(C/C=C/c2ccccc2)c2ccc3c(c2)OCCO3)cc1[N+](=O)[O-]. The van der Waals surface area contributed by atoms with Crippen LogP contribution >= 0.6 is 0 Å². The number of carbonyl (C=O) groups excluding carboxylic acids is 1. The molecule has 34 heavy (non-hydrogen) atoms. The van der Waals surface area contributed by atoms with Crippen LogP contribution in [0.5, 0.6) is 17.2 Å². The fourth-order valence-electron chi connectivity index (χ4n) is 3.59. The molecule has 3 aromatic rings. The lowest BCUT2D eigenvalue weighted by Crippen LogP contribution is -2.31. The fraction of sp³-hybridized carbons (Fsp3) is 0.192. The van der Waals surface area contributed by atoms with E-state index in [1.54, 1.807) is 25.1 Å². The van der Waals surface area contributed by atoms with Crippen LogP contribution in [0.1, 0.15) is 22.8 Å². The number of ether oxygens (including phenoxy) is 3. The van der Waals surface area contributed by atoms with Gasteiger partial charge in [0.15, 0.2) is 17.2 Å². The molecule has 0 unspecified atom stereocenters. The molecule has 0 radical (unpaired) electrons. The van der Waals surface area contributed by atoms with Crippen molar-refractivity contribution >= 4 is 23.4 Å². The van der Waals surface area contributed by atoms with Crippen LogP contribution in [0.4, 0.5) is 11.4 Å². The van der Waals surface area contributed by atoms with Crippen LogP contribution in [0.15, 0.2) is 72.8 Å². The molecule has 174 valence electrons. The van der Waals surface area contributed by atoms with Crippen LogP contribution in [0, 0.1) is 10.1 Å². The number of benzene rings is 3. The van der Waals surface area contributed by atoms with Crippen molar-refractivity contribution in [3.8, 4) is 17.2 Å². The van der Waals surface area contributed by atoms with Crippen molar-refractivity contribution in [2.24, 2.45) is 0 Å². The molecule has 1 aliphatic rings. The molecule has 0 N–H and O–H groups in total. The zero-order chi connectivity index (χ0) is 23.9. The van der Waals surface area contributed by atoms with Crippen molar-refractivity contribution in [2.75, 3.05) is 31.3 Å². The first-order valence-electron chi connectivity index (χ1n) is 10.9. The Labute approximate surface area is 197 Å². The van der Waals surface area contributed by atoms with Gasteiger partial charge in [0, 0.05) is 29.9 Å². The number of hydrogen-bond donors (Lipinski definition) is 0. The number of amides is 1. The lowest BCUT2D eigenvalue weighted by molar-refractivity contribution is -0.385. The smallest absolute Gasteiger partial charge is 0.311 e. The Morgan fingerprint density at radius 1 is 1.06 bits per heavy atom. The molecule has 1 aliphatic heterocycles. The van der Waals surface area contributed by atoms with E-state index in [1.165, 1.54) is 23.1 Å². The maximum Gasteiger partial charge on any atom is 0.311 e. The molecule has 8 heteroatoms. The van der Waals surface area contributed by atoms with Crippen LogP contribution in [0.25, 0.3) is 6.08 Å². The van der Waals surface area contributed by atoms with E-state index in [2.05, 4.69) is 0 Å². The van der Waals surface area contributed by atoms with E-state index in [0.29, 0.717) is 30.4 Å². The minimum absolute atomic E-state index is 0.124. The summed E-state index contributed by atoms with van der Waals surface area (Å²) in [6.45, 7) is 3.15. The van der Waals surface area contributed by atoms with Gasteiger partial charge in [-0.2, -0.15) is 0 Å². The van der Waals surface area contributed by atoms with Gasteiger partial charge in [0.1, 0.15) is 13.2 Å². The third-order valence-electron chi connectivity index (χ3n) is 5.18. The lowest BCUT2D eigenvalue weighted by Gasteiger charge is -2.24. The molecular formula is C26H24N2O6. The molecule has 0 fully saturated rings. The maximum atomic E-state index is 13.6. The third-order valence-corrected chi connectivity index (χ3v) is 5.18. The first kappa shape index (κ1) is 22.8. The summed E-state index contributed by atoms with van der Waals surface area (Å²) < 4.78 is 16.6. The van der Waals surface area contributed by atoms with E-state index in [-0.39, 0.29) is 36.1 Å². The molecule has 0 saturated heterocycles. The van der Waals surface area contributed by atoms with Crippen molar-refractivity contribution in [3.05, 3.63) is 94.0 Å². The van der Waals surface area contributed by atoms with E-state index >= 15 is 0 Å². The van der Waals surface area contributed by atoms with E-state index in [4.69, 9.17) is 14.2 Å². The second kappa shape index (κ2) is 10.5. The van der Waals surface area contributed by atoms with Crippen LogP contribution < -0.4 is 19.1 Å². The number of fused-ring (bicyclic) bond motifs is 1. The molecule has 0 aliphatic carbocycles. The molecule has 4 rings (SSSR count). The molecule has 0 saturated carbocycles. The van der Waals surface area contributed by atoms with Gasteiger partial charge in [-0.3, -0.25) is 14.9 Å². The predicted molar refractivity (Wildman–Crippen MR) is 129 cm³/mol. The summed E-state index contributed by atoms with van der Waals surface area (Å²) in [6.07, 6.45) is 3.78. The topological polar surface area (TPSA) is 91.1 Å². The third kappa shape index (κ3) is 5.17. The van der Waals surface area contributed by atoms with Gasteiger partial charge in [0.25, 0.3) is 5.91 Å². The number of nitrogens with zero attached hydrogens (tertiary/aromatic N) is 2. The summed E-state index contributed by atoms with van der Waals surface area (Å²) >= 11 is 0. The predicted octanol–water partition coefficient (Wildman–Crippen LogP) is 5.12. The van der Waals surface area contributed by atoms with E-state index in [9.17, 15) is 14.9 Å². The minimum atomic E-state index is -0.550. The summed E-state index contributed by atoms with van der Waals surface area (Å²) in [6, 6.07) is 19.2. The number of anilines is 1. The molecular weight excluding hydrogens is 436 g/mol. The van der Waals surface area contributed by atoms with Crippen LogP contribution in [0.3, 0.4) is 0 Å². The average molecular weight is 460 g/mol. The molecule has 1 amide bonds. The van der Waals surface area contributed by atoms with Crippen LogP contribution in [-0.2, 0) is 0 Å². The van der Waals surface area contributed by atoms with Gasteiger partial charge in [-0.25, -0.2) is 0 Å². The zero-order valence-corrected chi connectivity index (χ0v) is 18.7. The Kier molecular flexibility index (Phi) is 7.07. The summed E-state index contributed by atoms with van der Waals surface area (Å²) in [5, 5.41) is 11.6. The lowest BCUT2D eigenvalue weighted by atomic mass is 10.1. The average Bonchev–Trinajstić information content (AvgIpc) is 2.87. The van der Waals surface area contributed by atoms with E-state index < -0.39 is 4.92 Å². The second-order valence-corrected chi connectivity index (χ2v) is 7.43. The van der Waals surface area contributed by atoms with Crippen LogP contribution in [0.2, 0.25) is 0 Å². The first-order valence-corrected chi connectivity index (χ1v) is 10.9. The van der Waals surface area contributed by atoms with Crippen molar-refractivity contribution in [1.29, 1.82) is 0 Å². The molecule has 3 aromatic carbocycles. The number of hydrogen-bond acceptors (Lipinski definition) is 6. The summed E-state index contributed by atoms with van der Waals surface area (Å²) in [7, 11) is 0. The van der Waals surface area contributed by atoms with E-state index in [0.717, 1.165) is 5.56 Å². The van der Waals surface area contributed by atoms with Gasteiger partial charge in [-0.05, 0) is 36.8 Å². The van der Waals surface area contributed by atoms with Crippen molar-refractivity contribution in [2.45, 2.75) is 6.92 Å². The highest BCUT2D eigenvalue weighted by molar-refractivity contribution is 6.07. The van der Waals surface area contributed by atoms with E-state index in [1.807, 2.05) is 42.5 Å². The number of nitro benzene ring substituents is 1. The Hall–Kier alpha value is -4.33. The Bertz CT molecular complexity index is 1210. The van der Waals surface area contributed by atoms with Gasteiger partial charge in [0.2, 0.25) is 0 Å². The minimum Gasteiger partial charge on any atom is -0.487 e. The monoisotopic (exact) mass is 460 g/mol. The second-order valence-electron chi connectivity index (χ2n) is 7.43. The van der Waals surface area contributed by atoms with Gasteiger partial charge < -0.3 is 19.1 Å². The van der Waals surface area contributed by atoms with Gasteiger partial charge in [0.05, 0.1) is 11.5 Å². The van der Waals surface area contributed by atoms with Crippen LogP contribution in [-0.4, -0.2) is 37.2 Å². The summed E-state index contributed by atoms with van der Waals surface area (Å²) in [5.74, 6) is 0.893. The highest BCUT2D eigenvalue weighted by atomic mass is 16.6. The Morgan fingerprint density at radius 2 is 1.82 bits per heavy atom. The zero-order valence-electron chi connectivity index (χ0n) is 18.7. The molecule has 8 nitrogen and oxygen atoms in total. The largest absolute Gasteiger partial charge is 0.487 e. The van der Waals surface area contributed by atoms with Crippen molar-refractivity contribution in [1.82, 2.24) is 0 Å². The van der Waals surface area contributed by atoms with Crippen molar-refractivity contribution in [3.63, 3.8) is 0 Å². The molecule has 1 heterocycles. The highest BCUT2D eigenvalue weighted by Crippen LogP contribution is 2.35. The molecule has 0 atom stereocenters. The van der Waals surface area contributed by atoms with Crippen molar-refractivity contribution < 1.29 is 23.9 Å². The number of nitro groups is 1. The summed E-state index contributed by atoms with van der Waals surface area (Å²) in [5.41, 5.74) is 1.50. The normalized spacial score (nSPS) is 12.4. The quantitative estimate of drug-likeness (QED) is 0.342. The molecule has 0 spiro atoms. The van der Waals surface area contributed by atoms with Gasteiger partial charge >= 0.3 is 5.69 Å². The number of rotatable bonds is 8. The highest BCUT2D eigenvalue weighted by Gasteiger charge is 2.24. The first-order chi connectivity index (χ1) is 16.6. The standard InChI is InChI=1S/C26H24N2O6/c1-2-32-23-12-10-20(17-22(23)28(30)31)26(29)27(14-6-9-19-7-4-3-5-8-19)21-11-13-24-25(18-21)34-16-15-33-24/h3-13,17-18H,2,14-16H2,1H3/b9-6+. The van der Waals surface area contributed by atoms with Gasteiger partial charge in [-0.1, -0.05) is 42.5 Å². The molecule has 0 aromatic heterocycles. The summed E-state index contributed by atoms with van der Waals surface area (Å²) in [4.78, 5) is 26.1. The fourth-order valence-corrected chi connectivity index (χ4v) is 3.59. The van der Waals surface area contributed by atoms with Gasteiger partial charge in [-0.15, -0.1) is 0 Å². The number of carbonyl (C=O) groups is 1. The molecule has 0 bridgehead atoms. The Morgan fingerprint density at radius 3 is 2.56 bits per heavy atom.